The van der Waals surface area contributed by atoms with Crippen LogP contribution in [0.15, 0.2) is 29.1 Å². The molecule has 1 saturated carbocycles. The Bertz CT molecular complexity index is 869. The molecule has 7 nitrogen and oxygen atoms in total. The third-order valence-corrected chi connectivity index (χ3v) is 4.55. The summed E-state index contributed by atoms with van der Waals surface area (Å²) in [6, 6.07) is 6.97. The minimum atomic E-state index is -0.701. The number of ether oxygens (including phenoxy) is 1. The van der Waals surface area contributed by atoms with Gasteiger partial charge in [0.15, 0.2) is 12.3 Å². The average Bonchev–Trinajstić information content (AvgIpc) is 3.15. The molecule has 0 bridgehead atoms. The molecule has 26 heavy (non-hydrogen) atoms. The summed E-state index contributed by atoms with van der Waals surface area (Å²) in [4.78, 5) is 36.9. The van der Waals surface area contributed by atoms with E-state index in [1.165, 1.54) is 4.68 Å². The molecule has 0 aliphatic heterocycles. The number of nitrogens with zero attached hydrogens (tertiary/aromatic N) is 2. The molecule has 0 unspecified atom stereocenters. The number of carbonyl (C=O) groups is 2. The van der Waals surface area contributed by atoms with Gasteiger partial charge in [-0.05, 0) is 25.3 Å². The highest BCUT2D eigenvalue weighted by molar-refractivity contribution is 6.02. The van der Waals surface area contributed by atoms with E-state index >= 15 is 0 Å². The highest BCUT2D eigenvalue weighted by atomic mass is 16.5. The van der Waals surface area contributed by atoms with E-state index in [-0.39, 0.29) is 29.8 Å². The van der Waals surface area contributed by atoms with Gasteiger partial charge in [-0.1, -0.05) is 38.0 Å². The fraction of sp³-hybridized carbons (Fsp3) is 0.474. The Morgan fingerprint density at radius 1 is 1.23 bits per heavy atom. The van der Waals surface area contributed by atoms with Gasteiger partial charge in [0.1, 0.15) is 0 Å². The van der Waals surface area contributed by atoms with Crippen molar-refractivity contribution in [2.45, 2.75) is 51.6 Å². The summed E-state index contributed by atoms with van der Waals surface area (Å²) in [5.74, 6) is -1.01. The molecule has 3 rings (SSSR count). The Morgan fingerprint density at radius 2 is 1.92 bits per heavy atom. The summed E-state index contributed by atoms with van der Waals surface area (Å²) < 4.78 is 6.43. The number of aromatic nitrogens is 2. The fourth-order valence-electron chi connectivity index (χ4n) is 3.29. The molecule has 2 aromatic rings. The van der Waals surface area contributed by atoms with E-state index < -0.39 is 5.97 Å². The first-order chi connectivity index (χ1) is 12.6. The van der Waals surface area contributed by atoms with Crippen LogP contribution in [-0.4, -0.2) is 34.3 Å². The van der Waals surface area contributed by atoms with Gasteiger partial charge in [0.05, 0.1) is 5.39 Å². The Labute approximate surface area is 151 Å². The molecule has 1 heterocycles. The number of hydrogen-bond acceptors (Lipinski definition) is 5. The lowest BCUT2D eigenvalue weighted by molar-refractivity contribution is -0.124. The van der Waals surface area contributed by atoms with Gasteiger partial charge in [-0.2, -0.15) is 5.10 Å². The standard InChI is InChI=1S/C19H23N3O4/c1-2-11-22-18(24)15-10-6-5-9-14(15)17(21-22)19(25)26-12-16(23)20-13-7-3-4-8-13/h5-6,9-10,13H,2-4,7-8,11-12H2,1H3,(H,20,23). The number of benzene rings is 1. The third kappa shape index (κ3) is 3.92. The highest BCUT2D eigenvalue weighted by Crippen LogP contribution is 2.17. The number of hydrogen-bond donors (Lipinski definition) is 1. The van der Waals surface area contributed by atoms with Crippen LogP contribution in [0.3, 0.4) is 0 Å². The lowest BCUT2D eigenvalue weighted by Crippen LogP contribution is -2.36. The van der Waals surface area contributed by atoms with Crippen LogP contribution in [0.5, 0.6) is 0 Å². The molecule has 0 radical (unpaired) electrons. The van der Waals surface area contributed by atoms with E-state index in [1.54, 1.807) is 24.3 Å². The maximum absolute atomic E-state index is 12.5. The second-order valence-electron chi connectivity index (χ2n) is 6.55. The predicted molar refractivity (Wildman–Crippen MR) is 97.0 cm³/mol. The molecule has 0 saturated heterocycles. The first kappa shape index (κ1) is 18.1. The number of fused-ring (bicyclic) bond motifs is 1. The third-order valence-electron chi connectivity index (χ3n) is 4.55. The number of rotatable bonds is 6. The van der Waals surface area contributed by atoms with E-state index in [4.69, 9.17) is 4.74 Å². The molecular weight excluding hydrogens is 334 g/mol. The predicted octanol–water partition coefficient (Wildman–Crippen LogP) is 2.02. The highest BCUT2D eigenvalue weighted by Gasteiger charge is 2.21. The summed E-state index contributed by atoms with van der Waals surface area (Å²) in [5.41, 5.74) is -0.180. The average molecular weight is 357 g/mol. The van der Waals surface area contributed by atoms with Crippen LogP contribution < -0.4 is 10.9 Å². The molecule has 1 fully saturated rings. The zero-order chi connectivity index (χ0) is 18.5. The Hall–Kier alpha value is -2.70. The van der Waals surface area contributed by atoms with Crippen molar-refractivity contribution in [2.75, 3.05) is 6.61 Å². The minimum Gasteiger partial charge on any atom is -0.451 e. The van der Waals surface area contributed by atoms with Gasteiger partial charge >= 0.3 is 5.97 Å². The van der Waals surface area contributed by atoms with Crippen LogP contribution in [0.1, 0.15) is 49.5 Å². The molecule has 1 aliphatic carbocycles. The van der Waals surface area contributed by atoms with E-state index in [0.717, 1.165) is 25.7 Å². The Morgan fingerprint density at radius 3 is 2.62 bits per heavy atom. The van der Waals surface area contributed by atoms with Crippen molar-refractivity contribution in [3.05, 3.63) is 40.3 Å². The van der Waals surface area contributed by atoms with Crippen molar-refractivity contribution in [3.63, 3.8) is 0 Å². The van der Waals surface area contributed by atoms with Crippen LogP contribution in [-0.2, 0) is 16.1 Å². The van der Waals surface area contributed by atoms with Gasteiger partial charge in [-0.15, -0.1) is 0 Å². The van der Waals surface area contributed by atoms with Gasteiger partial charge in [0.25, 0.3) is 11.5 Å². The van der Waals surface area contributed by atoms with Crippen LogP contribution in [0, 0.1) is 0 Å². The molecule has 1 aromatic carbocycles. The smallest absolute Gasteiger partial charge is 0.359 e. The van der Waals surface area contributed by atoms with Crippen molar-refractivity contribution < 1.29 is 14.3 Å². The number of aryl methyl sites for hydroxylation is 1. The summed E-state index contributed by atoms with van der Waals surface area (Å²) >= 11 is 0. The van der Waals surface area contributed by atoms with Crippen LogP contribution in [0.2, 0.25) is 0 Å². The molecule has 7 heteroatoms. The van der Waals surface area contributed by atoms with Gasteiger partial charge in [0, 0.05) is 18.0 Å². The molecule has 1 N–H and O–H groups in total. The lowest BCUT2D eigenvalue weighted by Gasteiger charge is -2.13. The van der Waals surface area contributed by atoms with Gasteiger partial charge in [0.2, 0.25) is 0 Å². The van der Waals surface area contributed by atoms with Gasteiger partial charge < -0.3 is 10.1 Å². The van der Waals surface area contributed by atoms with E-state index in [2.05, 4.69) is 10.4 Å². The largest absolute Gasteiger partial charge is 0.451 e. The van der Waals surface area contributed by atoms with Gasteiger partial charge in [-0.3, -0.25) is 9.59 Å². The topological polar surface area (TPSA) is 90.3 Å². The number of carbonyl (C=O) groups excluding carboxylic acids is 2. The molecule has 0 atom stereocenters. The maximum atomic E-state index is 12.5. The molecule has 0 spiro atoms. The van der Waals surface area contributed by atoms with E-state index in [1.807, 2.05) is 6.92 Å². The fourth-order valence-corrected chi connectivity index (χ4v) is 3.29. The SMILES string of the molecule is CCCn1nc(C(=O)OCC(=O)NC2CCCC2)c2ccccc2c1=O. The van der Waals surface area contributed by atoms with Crippen LogP contribution >= 0.6 is 0 Å². The summed E-state index contributed by atoms with van der Waals surface area (Å²) in [6.07, 6.45) is 4.87. The molecule has 1 aliphatic rings. The second kappa shape index (κ2) is 8.12. The Kier molecular flexibility index (Phi) is 5.65. The summed E-state index contributed by atoms with van der Waals surface area (Å²) in [5, 5.41) is 7.89. The quantitative estimate of drug-likeness (QED) is 0.799. The van der Waals surface area contributed by atoms with Crippen molar-refractivity contribution in [3.8, 4) is 0 Å². The van der Waals surface area contributed by atoms with E-state index in [9.17, 15) is 14.4 Å². The molecule has 138 valence electrons. The number of amides is 1. The summed E-state index contributed by atoms with van der Waals surface area (Å²) in [7, 11) is 0. The first-order valence-electron chi connectivity index (χ1n) is 9.06. The zero-order valence-electron chi connectivity index (χ0n) is 14.9. The normalized spacial score (nSPS) is 14.5. The maximum Gasteiger partial charge on any atom is 0.359 e. The zero-order valence-corrected chi connectivity index (χ0v) is 14.9. The van der Waals surface area contributed by atoms with Crippen molar-refractivity contribution >= 4 is 22.6 Å². The van der Waals surface area contributed by atoms with Gasteiger partial charge in [-0.25, -0.2) is 9.48 Å². The number of nitrogens with one attached hydrogen (secondary N) is 1. The number of esters is 1. The second-order valence-corrected chi connectivity index (χ2v) is 6.55. The lowest BCUT2D eigenvalue weighted by atomic mass is 10.1. The first-order valence-corrected chi connectivity index (χ1v) is 9.06. The van der Waals surface area contributed by atoms with Crippen LogP contribution in [0.25, 0.3) is 10.8 Å². The van der Waals surface area contributed by atoms with Crippen molar-refractivity contribution in [1.82, 2.24) is 15.1 Å². The monoisotopic (exact) mass is 357 g/mol. The summed E-state index contributed by atoms with van der Waals surface area (Å²) in [6.45, 7) is 1.99. The minimum absolute atomic E-state index is 0.0577. The Balaban J connectivity index is 1.77. The molecule has 1 aromatic heterocycles. The van der Waals surface area contributed by atoms with E-state index in [0.29, 0.717) is 23.7 Å². The van der Waals surface area contributed by atoms with Crippen LogP contribution in [0.4, 0.5) is 0 Å². The molecule has 1 amide bonds. The molecular formula is C19H23N3O4. The van der Waals surface area contributed by atoms with Crippen molar-refractivity contribution in [2.24, 2.45) is 0 Å². The van der Waals surface area contributed by atoms with Crippen molar-refractivity contribution in [1.29, 1.82) is 0 Å².